The molecule has 4 heterocycles. The normalized spacial score (nSPS) is 24.2. The van der Waals surface area contributed by atoms with E-state index >= 15 is 0 Å². The highest BCUT2D eigenvalue weighted by Gasteiger charge is 2.36. The number of likely N-dealkylation sites (tertiary alicyclic amines) is 1. The number of methoxy groups -OCH3 is 1. The molecule has 1 aromatic carbocycles. The van der Waals surface area contributed by atoms with Gasteiger partial charge in [-0.05, 0) is 45.2 Å². The summed E-state index contributed by atoms with van der Waals surface area (Å²) in [7, 11) is 1.40. The maximum atomic E-state index is 14.3. The summed E-state index contributed by atoms with van der Waals surface area (Å²) >= 11 is 0. The van der Waals surface area contributed by atoms with E-state index in [9.17, 15) is 9.18 Å². The number of piperidine rings is 1. The second kappa shape index (κ2) is 7.60. The van der Waals surface area contributed by atoms with Crippen molar-refractivity contribution in [1.82, 2.24) is 29.8 Å². The van der Waals surface area contributed by atoms with Crippen molar-refractivity contribution in [3.8, 4) is 5.75 Å². The molecule has 9 nitrogen and oxygen atoms in total. The van der Waals surface area contributed by atoms with Gasteiger partial charge in [0.05, 0.1) is 18.7 Å². The summed E-state index contributed by atoms with van der Waals surface area (Å²) in [6.07, 6.45) is 3.64. The molecule has 2 aliphatic rings. The third-order valence-corrected chi connectivity index (χ3v) is 6.48. The van der Waals surface area contributed by atoms with Gasteiger partial charge in [0.25, 0.3) is 0 Å². The number of hydrogen-bond acceptors (Lipinski definition) is 7. The second-order valence-electron chi connectivity index (χ2n) is 8.44. The molecule has 0 bridgehead atoms. The van der Waals surface area contributed by atoms with Gasteiger partial charge in [-0.25, -0.2) is 14.4 Å². The first kappa shape index (κ1) is 19.9. The summed E-state index contributed by atoms with van der Waals surface area (Å²) in [5.74, 6) is 0.501. The lowest BCUT2D eigenvalue weighted by atomic mass is 9.92. The lowest BCUT2D eigenvalue weighted by Gasteiger charge is -2.38. The molecule has 2 fully saturated rings. The predicted molar refractivity (Wildman–Crippen MR) is 113 cm³/mol. The largest absolute Gasteiger partial charge is 0.494 e. The Morgan fingerprint density at radius 3 is 2.87 bits per heavy atom. The Balaban J connectivity index is 1.51. The smallest absolute Gasteiger partial charge is 0.239 e. The summed E-state index contributed by atoms with van der Waals surface area (Å²) in [5, 5.41) is 8.39. The first-order chi connectivity index (χ1) is 15.0. The van der Waals surface area contributed by atoms with Crippen LogP contribution in [0, 0.1) is 5.82 Å². The molecule has 2 aliphatic heterocycles. The number of nitrogens with zero attached hydrogens (tertiary/aromatic N) is 5. The molecule has 0 spiro atoms. The van der Waals surface area contributed by atoms with E-state index < -0.39 is 5.82 Å². The summed E-state index contributed by atoms with van der Waals surface area (Å²) in [4.78, 5) is 24.0. The number of carbonyl (C=O) groups excluding carboxylic acids is 1. The standard InChI is InChI=1S/C21H26FN7O2/c1-11-5-6-12(10-28(11)20(30)15-4-3-7-24-15)18-26-19-13-8-14(22)17(31-2)9-16(13)25-21(23)29(19)27-18/h8-9,11-12,15,24H,3-7,10H2,1-2H3,(H2,23,25)/t11-,12+,15+/m0/s1. The van der Waals surface area contributed by atoms with E-state index in [1.54, 1.807) is 0 Å². The lowest BCUT2D eigenvalue weighted by Crippen LogP contribution is -2.51. The molecule has 3 aromatic rings. The van der Waals surface area contributed by atoms with Crippen LogP contribution in [-0.2, 0) is 4.79 Å². The van der Waals surface area contributed by atoms with Crippen LogP contribution >= 0.6 is 0 Å². The monoisotopic (exact) mass is 427 g/mol. The van der Waals surface area contributed by atoms with Gasteiger partial charge in [0.2, 0.25) is 11.9 Å². The molecule has 3 N–H and O–H groups in total. The Labute approximate surface area is 178 Å². The fourth-order valence-corrected chi connectivity index (χ4v) is 4.70. The minimum atomic E-state index is -0.500. The minimum absolute atomic E-state index is 0.0148. The van der Waals surface area contributed by atoms with Crippen LogP contribution < -0.4 is 15.8 Å². The van der Waals surface area contributed by atoms with E-state index in [2.05, 4.69) is 22.3 Å². The van der Waals surface area contributed by atoms with Gasteiger partial charge in [-0.2, -0.15) is 4.52 Å². The number of hydrogen-bond donors (Lipinski definition) is 2. The van der Waals surface area contributed by atoms with E-state index in [0.29, 0.717) is 28.9 Å². The highest BCUT2D eigenvalue weighted by Crippen LogP contribution is 2.32. The number of ether oxygens (including phenoxy) is 1. The van der Waals surface area contributed by atoms with Gasteiger partial charge in [0.1, 0.15) is 0 Å². The zero-order valence-electron chi connectivity index (χ0n) is 17.6. The molecule has 3 atom stereocenters. The maximum Gasteiger partial charge on any atom is 0.239 e. The lowest BCUT2D eigenvalue weighted by molar-refractivity contribution is -0.136. The van der Waals surface area contributed by atoms with E-state index in [1.807, 2.05) is 4.90 Å². The number of nitrogens with two attached hydrogens (primary N) is 1. The van der Waals surface area contributed by atoms with Crippen LogP contribution in [0.1, 0.15) is 44.3 Å². The van der Waals surface area contributed by atoms with Gasteiger partial charge in [0, 0.05) is 30.0 Å². The molecule has 164 valence electrons. The quantitative estimate of drug-likeness (QED) is 0.656. The van der Waals surface area contributed by atoms with Crippen molar-refractivity contribution in [3.05, 3.63) is 23.8 Å². The molecule has 2 aromatic heterocycles. The zero-order chi connectivity index (χ0) is 21.7. The van der Waals surface area contributed by atoms with Crippen LogP contribution in [0.25, 0.3) is 16.6 Å². The number of benzene rings is 1. The molecule has 0 unspecified atom stereocenters. The van der Waals surface area contributed by atoms with Crippen LogP contribution in [0.2, 0.25) is 0 Å². The summed E-state index contributed by atoms with van der Waals surface area (Å²) in [6, 6.07) is 2.93. The molecule has 2 saturated heterocycles. The molecule has 31 heavy (non-hydrogen) atoms. The maximum absolute atomic E-state index is 14.3. The molecule has 5 rings (SSSR count). The summed E-state index contributed by atoms with van der Waals surface area (Å²) in [5.41, 5.74) is 7.06. The van der Waals surface area contributed by atoms with Gasteiger partial charge >= 0.3 is 0 Å². The van der Waals surface area contributed by atoms with Crippen molar-refractivity contribution in [2.45, 2.75) is 50.6 Å². The van der Waals surface area contributed by atoms with E-state index in [1.165, 1.54) is 23.8 Å². The van der Waals surface area contributed by atoms with Crippen LogP contribution in [0.5, 0.6) is 5.75 Å². The Kier molecular flexibility index (Phi) is 4.88. The SMILES string of the molecule is COc1cc2nc(N)n3nc([C@@H]4CC[C@H](C)N(C(=O)[C@H]5CCCN5)C4)nc3c2cc1F. The fraction of sp³-hybridized carbons (Fsp3) is 0.524. The number of carbonyl (C=O) groups is 1. The van der Waals surface area contributed by atoms with Gasteiger partial charge in [-0.3, -0.25) is 4.79 Å². The number of aromatic nitrogens is 4. The van der Waals surface area contributed by atoms with Gasteiger partial charge in [0.15, 0.2) is 23.0 Å². The number of amides is 1. The van der Waals surface area contributed by atoms with Crippen LogP contribution in [0.15, 0.2) is 12.1 Å². The van der Waals surface area contributed by atoms with Crippen molar-refractivity contribution in [1.29, 1.82) is 0 Å². The molecular formula is C21H26FN7O2. The first-order valence-electron chi connectivity index (χ1n) is 10.7. The molecule has 10 heteroatoms. The van der Waals surface area contributed by atoms with Gasteiger partial charge < -0.3 is 20.7 Å². The number of anilines is 1. The van der Waals surface area contributed by atoms with E-state index in [-0.39, 0.29) is 35.6 Å². The predicted octanol–water partition coefficient (Wildman–Crippen LogP) is 1.85. The van der Waals surface area contributed by atoms with E-state index in [4.69, 9.17) is 15.5 Å². The highest BCUT2D eigenvalue weighted by atomic mass is 19.1. The minimum Gasteiger partial charge on any atom is -0.494 e. The number of nitrogens with one attached hydrogen (secondary N) is 1. The Bertz CT molecular complexity index is 1160. The van der Waals surface area contributed by atoms with Crippen LogP contribution in [0.3, 0.4) is 0 Å². The second-order valence-corrected chi connectivity index (χ2v) is 8.44. The Morgan fingerprint density at radius 1 is 1.29 bits per heavy atom. The number of fused-ring (bicyclic) bond motifs is 3. The zero-order valence-corrected chi connectivity index (χ0v) is 17.6. The first-order valence-corrected chi connectivity index (χ1v) is 10.7. The Morgan fingerprint density at radius 2 is 2.13 bits per heavy atom. The van der Waals surface area contributed by atoms with Crippen molar-refractivity contribution >= 4 is 28.4 Å². The number of rotatable bonds is 3. The average Bonchev–Trinajstić information content (AvgIpc) is 3.45. The third kappa shape index (κ3) is 3.34. The highest BCUT2D eigenvalue weighted by molar-refractivity contribution is 5.93. The van der Waals surface area contributed by atoms with Crippen LogP contribution in [0.4, 0.5) is 10.3 Å². The fourth-order valence-electron chi connectivity index (χ4n) is 4.70. The molecule has 0 radical (unpaired) electrons. The summed E-state index contributed by atoms with van der Waals surface area (Å²) < 4.78 is 20.9. The van der Waals surface area contributed by atoms with E-state index in [0.717, 1.165) is 32.2 Å². The van der Waals surface area contributed by atoms with Crippen molar-refractivity contribution in [2.24, 2.45) is 0 Å². The Hall–Kier alpha value is -3.01. The average molecular weight is 427 g/mol. The molecule has 0 saturated carbocycles. The molecule has 0 aliphatic carbocycles. The molecule has 1 amide bonds. The van der Waals surface area contributed by atoms with Gasteiger partial charge in [-0.1, -0.05) is 0 Å². The number of nitrogen functional groups attached to an aromatic ring is 1. The number of halogens is 1. The third-order valence-electron chi connectivity index (χ3n) is 6.48. The van der Waals surface area contributed by atoms with Crippen molar-refractivity contribution in [3.63, 3.8) is 0 Å². The summed E-state index contributed by atoms with van der Waals surface area (Å²) in [6.45, 7) is 3.53. The van der Waals surface area contributed by atoms with Crippen molar-refractivity contribution < 1.29 is 13.9 Å². The van der Waals surface area contributed by atoms with Crippen LogP contribution in [-0.4, -0.2) is 62.7 Å². The van der Waals surface area contributed by atoms with Crippen molar-refractivity contribution in [2.75, 3.05) is 25.9 Å². The van der Waals surface area contributed by atoms with Gasteiger partial charge in [-0.15, -0.1) is 5.10 Å². The molecular weight excluding hydrogens is 401 g/mol. The topological polar surface area (TPSA) is 111 Å².